The summed E-state index contributed by atoms with van der Waals surface area (Å²) in [4.78, 5) is 13.2. The molecule has 0 aliphatic carbocycles. The Bertz CT molecular complexity index is 589. The standard InChI is InChI=1S/C14H20N4OS/c1-14(2,3)10-7-20-11(18-10)6-9-12(19-5)13(15-4)17-8-16-9/h7-8H,6H2,1-5H3,(H,15,16,17). The van der Waals surface area contributed by atoms with Gasteiger partial charge >= 0.3 is 0 Å². The van der Waals surface area contributed by atoms with Gasteiger partial charge in [0.1, 0.15) is 6.33 Å². The summed E-state index contributed by atoms with van der Waals surface area (Å²) in [5.74, 6) is 1.38. The largest absolute Gasteiger partial charge is 0.491 e. The normalized spacial score (nSPS) is 11.4. The van der Waals surface area contributed by atoms with Gasteiger partial charge in [-0.15, -0.1) is 11.3 Å². The van der Waals surface area contributed by atoms with Gasteiger partial charge in [-0.1, -0.05) is 20.8 Å². The van der Waals surface area contributed by atoms with Gasteiger partial charge in [0.25, 0.3) is 0 Å². The fraction of sp³-hybridized carbons (Fsp3) is 0.500. The Kier molecular flexibility index (Phi) is 4.23. The molecular formula is C14H20N4OS. The molecule has 0 radical (unpaired) electrons. The van der Waals surface area contributed by atoms with Crippen molar-refractivity contribution in [1.29, 1.82) is 0 Å². The van der Waals surface area contributed by atoms with Gasteiger partial charge in [0.2, 0.25) is 0 Å². The van der Waals surface area contributed by atoms with Crippen LogP contribution in [-0.4, -0.2) is 29.1 Å². The Labute approximate surface area is 123 Å². The average molecular weight is 292 g/mol. The van der Waals surface area contributed by atoms with E-state index in [1.807, 2.05) is 7.05 Å². The average Bonchev–Trinajstić information content (AvgIpc) is 2.87. The fourth-order valence-electron chi connectivity index (χ4n) is 1.81. The molecule has 0 fully saturated rings. The number of rotatable bonds is 4. The van der Waals surface area contributed by atoms with Gasteiger partial charge in [-0.25, -0.2) is 15.0 Å². The molecule has 0 aromatic carbocycles. The smallest absolute Gasteiger partial charge is 0.183 e. The van der Waals surface area contributed by atoms with Crippen LogP contribution < -0.4 is 10.1 Å². The number of nitrogens with zero attached hydrogens (tertiary/aromatic N) is 3. The number of aromatic nitrogens is 3. The number of nitrogens with one attached hydrogen (secondary N) is 1. The Morgan fingerprint density at radius 3 is 2.60 bits per heavy atom. The van der Waals surface area contributed by atoms with Crippen molar-refractivity contribution in [3.05, 3.63) is 28.1 Å². The summed E-state index contributed by atoms with van der Waals surface area (Å²) >= 11 is 1.66. The molecule has 0 spiro atoms. The molecule has 0 saturated carbocycles. The molecule has 6 heteroatoms. The third-order valence-electron chi connectivity index (χ3n) is 2.96. The zero-order chi connectivity index (χ0) is 14.8. The molecule has 0 amide bonds. The quantitative estimate of drug-likeness (QED) is 0.939. The first-order chi connectivity index (χ1) is 9.45. The van der Waals surface area contributed by atoms with Crippen LogP contribution >= 0.6 is 11.3 Å². The summed E-state index contributed by atoms with van der Waals surface area (Å²) < 4.78 is 5.40. The van der Waals surface area contributed by atoms with Crippen LogP contribution in [0.1, 0.15) is 37.2 Å². The number of ether oxygens (including phenoxy) is 1. The molecule has 0 atom stereocenters. The van der Waals surface area contributed by atoms with E-state index < -0.39 is 0 Å². The van der Waals surface area contributed by atoms with E-state index in [4.69, 9.17) is 4.74 Å². The van der Waals surface area contributed by atoms with E-state index in [0.717, 1.165) is 16.4 Å². The van der Waals surface area contributed by atoms with E-state index in [1.54, 1.807) is 24.8 Å². The number of hydrogen-bond acceptors (Lipinski definition) is 6. The molecule has 0 aliphatic heterocycles. The minimum Gasteiger partial charge on any atom is -0.491 e. The van der Waals surface area contributed by atoms with Crippen LogP contribution in [-0.2, 0) is 11.8 Å². The van der Waals surface area contributed by atoms with E-state index in [0.29, 0.717) is 18.0 Å². The van der Waals surface area contributed by atoms with Gasteiger partial charge in [0, 0.05) is 24.3 Å². The lowest BCUT2D eigenvalue weighted by atomic mass is 9.93. The predicted octanol–water partition coefficient (Wildman–Crippen LogP) is 2.87. The Balaban J connectivity index is 2.28. The number of thiazole rings is 1. The first kappa shape index (κ1) is 14.7. The first-order valence-electron chi connectivity index (χ1n) is 6.46. The van der Waals surface area contributed by atoms with Crippen LogP contribution in [0.4, 0.5) is 5.82 Å². The number of methoxy groups -OCH3 is 1. The van der Waals surface area contributed by atoms with Gasteiger partial charge < -0.3 is 10.1 Å². The molecule has 2 aromatic heterocycles. The van der Waals surface area contributed by atoms with Gasteiger partial charge in [-0.05, 0) is 0 Å². The van der Waals surface area contributed by atoms with Crippen molar-refractivity contribution in [3.63, 3.8) is 0 Å². The number of hydrogen-bond donors (Lipinski definition) is 1. The van der Waals surface area contributed by atoms with Crippen LogP contribution in [0.3, 0.4) is 0 Å². The zero-order valence-electron chi connectivity index (χ0n) is 12.5. The Morgan fingerprint density at radius 2 is 2.05 bits per heavy atom. The van der Waals surface area contributed by atoms with E-state index in [9.17, 15) is 0 Å². The Hall–Kier alpha value is -1.69. The summed E-state index contributed by atoms with van der Waals surface area (Å²) in [6.45, 7) is 6.49. The molecule has 5 nitrogen and oxygen atoms in total. The summed E-state index contributed by atoms with van der Waals surface area (Å²) in [6, 6.07) is 0. The molecule has 0 saturated heterocycles. The van der Waals surface area contributed by atoms with Crippen molar-refractivity contribution in [2.24, 2.45) is 0 Å². The van der Waals surface area contributed by atoms with Crippen LogP contribution in [0, 0.1) is 0 Å². The molecule has 1 N–H and O–H groups in total. The summed E-state index contributed by atoms with van der Waals surface area (Å²) in [5, 5.41) is 6.16. The molecular weight excluding hydrogens is 272 g/mol. The zero-order valence-corrected chi connectivity index (χ0v) is 13.3. The van der Waals surface area contributed by atoms with Crippen LogP contribution in [0.25, 0.3) is 0 Å². The monoisotopic (exact) mass is 292 g/mol. The highest BCUT2D eigenvalue weighted by molar-refractivity contribution is 7.09. The molecule has 0 bridgehead atoms. The van der Waals surface area contributed by atoms with E-state index in [-0.39, 0.29) is 5.41 Å². The minimum absolute atomic E-state index is 0.0701. The molecule has 20 heavy (non-hydrogen) atoms. The lowest BCUT2D eigenvalue weighted by molar-refractivity contribution is 0.407. The summed E-state index contributed by atoms with van der Waals surface area (Å²) in [7, 11) is 3.45. The van der Waals surface area contributed by atoms with Crippen molar-refractivity contribution in [2.45, 2.75) is 32.6 Å². The minimum atomic E-state index is 0.0701. The second kappa shape index (κ2) is 5.75. The third kappa shape index (κ3) is 3.07. The molecule has 2 aromatic rings. The predicted molar refractivity (Wildman–Crippen MR) is 81.8 cm³/mol. The lowest BCUT2D eigenvalue weighted by Crippen LogP contribution is -2.11. The van der Waals surface area contributed by atoms with Gasteiger partial charge in [-0.2, -0.15) is 0 Å². The van der Waals surface area contributed by atoms with Crippen molar-refractivity contribution in [1.82, 2.24) is 15.0 Å². The molecule has 108 valence electrons. The third-order valence-corrected chi connectivity index (χ3v) is 3.81. The highest BCUT2D eigenvalue weighted by atomic mass is 32.1. The number of anilines is 1. The van der Waals surface area contributed by atoms with E-state index >= 15 is 0 Å². The lowest BCUT2D eigenvalue weighted by Gasteiger charge is -2.14. The summed E-state index contributed by atoms with van der Waals surface area (Å²) in [6.07, 6.45) is 2.20. The Morgan fingerprint density at radius 1 is 1.30 bits per heavy atom. The second-order valence-corrected chi connectivity index (χ2v) is 6.45. The molecule has 0 unspecified atom stereocenters. The molecule has 2 heterocycles. The van der Waals surface area contributed by atoms with Crippen LogP contribution in [0.5, 0.6) is 5.75 Å². The van der Waals surface area contributed by atoms with Gasteiger partial charge in [0.05, 0.1) is 23.5 Å². The maximum Gasteiger partial charge on any atom is 0.183 e. The van der Waals surface area contributed by atoms with E-state index in [2.05, 4.69) is 46.4 Å². The highest BCUT2D eigenvalue weighted by Gasteiger charge is 2.19. The van der Waals surface area contributed by atoms with Gasteiger partial charge in [0.15, 0.2) is 11.6 Å². The van der Waals surface area contributed by atoms with Crippen LogP contribution in [0.2, 0.25) is 0 Å². The fourth-order valence-corrected chi connectivity index (χ4v) is 2.83. The van der Waals surface area contributed by atoms with Crippen LogP contribution in [0.15, 0.2) is 11.7 Å². The molecule has 0 aliphatic rings. The maximum absolute atomic E-state index is 5.40. The molecule has 2 rings (SSSR count). The van der Waals surface area contributed by atoms with Crippen molar-refractivity contribution in [2.75, 3.05) is 19.5 Å². The van der Waals surface area contributed by atoms with Crippen molar-refractivity contribution < 1.29 is 4.74 Å². The second-order valence-electron chi connectivity index (χ2n) is 5.51. The summed E-state index contributed by atoms with van der Waals surface area (Å²) in [5.41, 5.74) is 2.03. The highest BCUT2D eigenvalue weighted by Crippen LogP contribution is 2.29. The van der Waals surface area contributed by atoms with Gasteiger partial charge in [-0.3, -0.25) is 0 Å². The maximum atomic E-state index is 5.40. The first-order valence-corrected chi connectivity index (χ1v) is 7.34. The van der Waals surface area contributed by atoms with Crippen molar-refractivity contribution in [3.8, 4) is 5.75 Å². The van der Waals surface area contributed by atoms with Crippen molar-refractivity contribution >= 4 is 17.2 Å². The topological polar surface area (TPSA) is 59.9 Å². The van der Waals surface area contributed by atoms with E-state index in [1.165, 1.54) is 0 Å². The SMILES string of the molecule is CNc1ncnc(Cc2nc(C(C)(C)C)cs2)c1OC.